The third-order valence-electron chi connectivity index (χ3n) is 3.27. The van der Waals surface area contributed by atoms with Crippen molar-refractivity contribution in [3.05, 3.63) is 68.9 Å². The van der Waals surface area contributed by atoms with E-state index in [0.717, 1.165) is 11.1 Å². The molecule has 1 aliphatic heterocycles. The van der Waals surface area contributed by atoms with Crippen LogP contribution in [0.3, 0.4) is 0 Å². The highest BCUT2D eigenvalue weighted by atomic mass is 79.9. The summed E-state index contributed by atoms with van der Waals surface area (Å²) in [6, 6.07) is 11.5. The van der Waals surface area contributed by atoms with Crippen LogP contribution in [0.2, 0.25) is 0 Å². The van der Waals surface area contributed by atoms with Crippen LogP contribution in [0.25, 0.3) is 0 Å². The fourth-order valence-electron chi connectivity index (χ4n) is 2.21. The van der Waals surface area contributed by atoms with Gasteiger partial charge in [-0.15, -0.1) is 0 Å². The van der Waals surface area contributed by atoms with E-state index in [0.29, 0.717) is 17.7 Å². The third-order valence-corrected chi connectivity index (χ3v) is 4.97. The van der Waals surface area contributed by atoms with Gasteiger partial charge in [0, 0.05) is 0 Å². The lowest BCUT2D eigenvalue weighted by Crippen LogP contribution is -1.96. The van der Waals surface area contributed by atoms with Crippen LogP contribution >= 0.6 is 31.9 Å². The number of ether oxygens (including phenoxy) is 1. The molecule has 0 radical (unpaired) electrons. The Labute approximate surface area is 128 Å². The first-order valence-electron chi connectivity index (χ1n) is 5.93. The number of alkyl halides is 1. The van der Waals surface area contributed by atoms with Gasteiger partial charge in [0.25, 0.3) is 0 Å². The Morgan fingerprint density at radius 3 is 2.47 bits per heavy atom. The van der Waals surface area contributed by atoms with Crippen LogP contribution in [0.5, 0.6) is 0 Å². The van der Waals surface area contributed by atoms with E-state index < -0.39 is 0 Å². The maximum absolute atomic E-state index is 13.6. The van der Waals surface area contributed by atoms with Crippen molar-refractivity contribution in [3.8, 4) is 0 Å². The van der Waals surface area contributed by atoms with E-state index in [1.54, 1.807) is 12.1 Å². The number of fused-ring (bicyclic) bond motifs is 1. The molecule has 0 aliphatic carbocycles. The second kappa shape index (κ2) is 5.35. The van der Waals surface area contributed by atoms with Crippen molar-refractivity contribution in [2.75, 3.05) is 0 Å². The minimum absolute atomic E-state index is 0.0130. The average Bonchev–Trinajstić information content (AvgIpc) is 2.88. The van der Waals surface area contributed by atoms with Gasteiger partial charge in [-0.25, -0.2) is 4.39 Å². The van der Waals surface area contributed by atoms with Crippen molar-refractivity contribution in [1.82, 2.24) is 0 Å². The first-order chi connectivity index (χ1) is 9.15. The summed E-state index contributed by atoms with van der Waals surface area (Å²) in [6.45, 7) is 1.35. The van der Waals surface area contributed by atoms with E-state index in [4.69, 9.17) is 4.74 Å². The van der Waals surface area contributed by atoms with E-state index >= 15 is 0 Å². The third kappa shape index (κ3) is 2.62. The molecule has 2 aromatic rings. The molecule has 1 heterocycles. The summed E-state index contributed by atoms with van der Waals surface area (Å²) >= 11 is 6.81. The lowest BCUT2D eigenvalue weighted by molar-refractivity contribution is 0.134. The number of halogens is 3. The van der Waals surface area contributed by atoms with E-state index in [1.807, 2.05) is 6.07 Å². The minimum atomic E-state index is -0.244. The summed E-state index contributed by atoms with van der Waals surface area (Å²) in [4.78, 5) is -0.0130. The topological polar surface area (TPSA) is 9.23 Å². The van der Waals surface area contributed by atoms with E-state index in [-0.39, 0.29) is 10.6 Å². The molecule has 0 amide bonds. The van der Waals surface area contributed by atoms with Crippen LogP contribution in [-0.4, -0.2) is 0 Å². The second-order valence-electron chi connectivity index (χ2n) is 4.56. The molecule has 0 fully saturated rings. The zero-order valence-corrected chi connectivity index (χ0v) is 13.2. The van der Waals surface area contributed by atoms with Crippen LogP contribution in [-0.2, 0) is 18.0 Å². The molecule has 19 heavy (non-hydrogen) atoms. The Morgan fingerprint density at radius 1 is 1.00 bits per heavy atom. The number of hydrogen-bond donors (Lipinski definition) is 0. The highest BCUT2D eigenvalue weighted by Gasteiger charge is 2.16. The van der Waals surface area contributed by atoms with Gasteiger partial charge in [-0.1, -0.05) is 40.2 Å². The number of benzene rings is 2. The Kier molecular flexibility index (Phi) is 3.74. The van der Waals surface area contributed by atoms with Gasteiger partial charge < -0.3 is 4.74 Å². The predicted molar refractivity (Wildman–Crippen MR) is 79.8 cm³/mol. The Bertz CT molecular complexity index is 628. The van der Waals surface area contributed by atoms with Gasteiger partial charge >= 0.3 is 0 Å². The van der Waals surface area contributed by atoms with Gasteiger partial charge in [0.1, 0.15) is 5.82 Å². The molecule has 1 nitrogen and oxygen atoms in total. The van der Waals surface area contributed by atoms with Gasteiger partial charge in [0.2, 0.25) is 0 Å². The summed E-state index contributed by atoms with van der Waals surface area (Å²) in [5, 5.41) is 0. The molecular weight excluding hydrogens is 375 g/mol. The molecule has 3 rings (SSSR count). The second-order valence-corrected chi connectivity index (χ2v) is 6.33. The summed E-state index contributed by atoms with van der Waals surface area (Å²) in [5.74, 6) is -0.244. The largest absolute Gasteiger partial charge is 0.372 e. The molecule has 0 spiro atoms. The fraction of sp³-hybridized carbons (Fsp3) is 0.200. The quantitative estimate of drug-likeness (QED) is 0.653. The number of rotatable bonds is 2. The van der Waals surface area contributed by atoms with Crippen LogP contribution in [0, 0.1) is 5.82 Å². The van der Waals surface area contributed by atoms with Crippen molar-refractivity contribution in [1.29, 1.82) is 0 Å². The highest BCUT2D eigenvalue weighted by molar-refractivity contribution is 9.10. The van der Waals surface area contributed by atoms with Crippen molar-refractivity contribution >= 4 is 31.9 Å². The van der Waals surface area contributed by atoms with E-state index in [1.165, 1.54) is 11.1 Å². The van der Waals surface area contributed by atoms with Crippen molar-refractivity contribution in [3.63, 3.8) is 0 Å². The zero-order chi connectivity index (χ0) is 13.4. The van der Waals surface area contributed by atoms with Crippen LogP contribution in [0.4, 0.5) is 4.39 Å². The molecule has 98 valence electrons. The summed E-state index contributed by atoms with van der Waals surface area (Å²) < 4.78 is 19.5. The Balaban J connectivity index is 1.94. The standard InChI is InChI=1S/C15H11Br2FO/c16-13-4-3-10(6-14(13)18)15(17)9-1-2-11-7-19-8-12(11)5-9/h1-6,15H,7-8H2. The van der Waals surface area contributed by atoms with Crippen molar-refractivity contribution < 1.29 is 9.13 Å². The van der Waals surface area contributed by atoms with Gasteiger partial charge in [-0.2, -0.15) is 0 Å². The molecule has 4 heteroatoms. The smallest absolute Gasteiger partial charge is 0.137 e. The van der Waals surface area contributed by atoms with Crippen molar-refractivity contribution in [2.45, 2.75) is 18.0 Å². The summed E-state index contributed by atoms with van der Waals surface area (Å²) in [6.07, 6.45) is 0. The molecule has 0 aromatic heterocycles. The normalized spacial score (nSPS) is 15.3. The summed E-state index contributed by atoms with van der Waals surface area (Å²) in [7, 11) is 0. The van der Waals surface area contributed by atoms with Crippen LogP contribution in [0.15, 0.2) is 40.9 Å². The van der Waals surface area contributed by atoms with Gasteiger partial charge in [0.05, 0.1) is 22.5 Å². The molecule has 1 atom stereocenters. The molecule has 0 N–H and O–H groups in total. The maximum Gasteiger partial charge on any atom is 0.137 e. The first kappa shape index (κ1) is 13.3. The minimum Gasteiger partial charge on any atom is -0.372 e. The SMILES string of the molecule is Fc1cc(C(Br)c2ccc3c(c2)COC3)ccc1Br. The van der Waals surface area contributed by atoms with Crippen LogP contribution in [0.1, 0.15) is 27.1 Å². The van der Waals surface area contributed by atoms with Crippen LogP contribution < -0.4 is 0 Å². The maximum atomic E-state index is 13.6. The van der Waals surface area contributed by atoms with E-state index in [9.17, 15) is 4.39 Å². The van der Waals surface area contributed by atoms with Gasteiger partial charge in [-0.05, 0) is 50.3 Å². The lowest BCUT2D eigenvalue weighted by Gasteiger charge is -2.12. The first-order valence-corrected chi connectivity index (χ1v) is 7.64. The Morgan fingerprint density at radius 2 is 1.68 bits per heavy atom. The zero-order valence-electron chi connectivity index (χ0n) is 10.00. The van der Waals surface area contributed by atoms with E-state index in [2.05, 4.69) is 50.1 Å². The molecule has 1 unspecified atom stereocenters. The van der Waals surface area contributed by atoms with Crippen molar-refractivity contribution in [2.24, 2.45) is 0 Å². The highest BCUT2D eigenvalue weighted by Crippen LogP contribution is 2.34. The summed E-state index contributed by atoms with van der Waals surface area (Å²) in [5.41, 5.74) is 4.48. The fourth-order valence-corrected chi connectivity index (χ4v) is 3.03. The number of hydrogen-bond acceptors (Lipinski definition) is 1. The predicted octanol–water partition coefficient (Wildman–Crippen LogP) is 5.10. The molecule has 0 bridgehead atoms. The average molecular weight is 386 g/mol. The molecule has 0 saturated carbocycles. The van der Waals surface area contributed by atoms with Gasteiger partial charge in [-0.3, -0.25) is 0 Å². The molecule has 0 saturated heterocycles. The molecular formula is C15H11Br2FO. The van der Waals surface area contributed by atoms with Gasteiger partial charge in [0.15, 0.2) is 0 Å². The molecule has 2 aromatic carbocycles. The Hall–Kier alpha value is -0.710. The monoisotopic (exact) mass is 384 g/mol. The lowest BCUT2D eigenvalue weighted by atomic mass is 10.0. The molecule has 1 aliphatic rings.